The Kier molecular flexibility index (Phi) is 5.03. The lowest BCUT2D eigenvalue weighted by Crippen LogP contribution is -2.76. The Morgan fingerprint density at radius 2 is 2.19 bits per heavy atom. The number of rotatable bonds is 7. The average molecular weight is 378 g/mol. The van der Waals surface area contributed by atoms with Crippen LogP contribution in [-0.4, -0.2) is 52.6 Å². The molecule has 8 nitrogen and oxygen atoms in total. The minimum Gasteiger partial charge on any atom is -0.479 e. The molecule has 3 atom stereocenters. The van der Waals surface area contributed by atoms with Gasteiger partial charge in [0, 0.05) is 31.4 Å². The van der Waals surface area contributed by atoms with E-state index in [-0.39, 0.29) is 31.4 Å². The molecule has 0 aromatic carbocycles. The maximum atomic E-state index is 12.8. The molecule has 0 radical (unpaired) electrons. The van der Waals surface area contributed by atoms with Crippen molar-refractivity contribution in [2.45, 2.75) is 51.8 Å². The van der Waals surface area contributed by atoms with Crippen molar-refractivity contribution in [2.24, 2.45) is 11.3 Å². The fourth-order valence-electron chi connectivity index (χ4n) is 4.04. The van der Waals surface area contributed by atoms with E-state index in [0.717, 1.165) is 0 Å². The van der Waals surface area contributed by atoms with Crippen molar-refractivity contribution in [1.29, 1.82) is 0 Å². The second-order valence-electron chi connectivity index (χ2n) is 7.82. The van der Waals surface area contributed by atoms with Crippen molar-refractivity contribution in [3.63, 3.8) is 0 Å². The topological polar surface area (TPSA) is 109 Å². The van der Waals surface area contributed by atoms with E-state index in [4.69, 9.17) is 9.15 Å². The van der Waals surface area contributed by atoms with Crippen LogP contribution in [0.15, 0.2) is 22.8 Å². The van der Waals surface area contributed by atoms with Crippen LogP contribution >= 0.6 is 0 Å². The number of hydrogen-bond acceptors (Lipinski definition) is 5. The number of aliphatic carboxylic acids is 1. The van der Waals surface area contributed by atoms with Crippen LogP contribution in [-0.2, 0) is 25.7 Å². The molecule has 1 aromatic heterocycles. The van der Waals surface area contributed by atoms with Crippen LogP contribution in [0.2, 0.25) is 0 Å². The first-order chi connectivity index (χ1) is 12.7. The number of hydrogen-bond donors (Lipinski definition) is 2. The van der Waals surface area contributed by atoms with E-state index in [2.05, 4.69) is 5.32 Å². The number of carboxylic acid groups (broad SMARTS) is 1. The number of ether oxygens (including phenoxy) is 1. The van der Waals surface area contributed by atoms with E-state index in [0.29, 0.717) is 18.9 Å². The van der Waals surface area contributed by atoms with Crippen molar-refractivity contribution in [2.75, 3.05) is 13.2 Å². The van der Waals surface area contributed by atoms with Crippen LogP contribution in [0.25, 0.3) is 0 Å². The number of nitrogens with one attached hydrogen (secondary N) is 1. The highest BCUT2D eigenvalue weighted by Gasteiger charge is 2.66. The minimum atomic E-state index is -1.39. The van der Waals surface area contributed by atoms with Gasteiger partial charge in [0.05, 0.1) is 24.8 Å². The van der Waals surface area contributed by atoms with Gasteiger partial charge in [0.2, 0.25) is 11.8 Å². The molecular weight excluding hydrogens is 352 g/mol. The first-order valence-corrected chi connectivity index (χ1v) is 9.18. The molecule has 148 valence electrons. The van der Waals surface area contributed by atoms with E-state index < -0.39 is 28.7 Å². The van der Waals surface area contributed by atoms with Crippen molar-refractivity contribution in [1.82, 2.24) is 10.2 Å². The Morgan fingerprint density at radius 3 is 2.74 bits per heavy atom. The number of carbonyl (C=O) groups is 3. The molecule has 3 rings (SSSR count). The summed E-state index contributed by atoms with van der Waals surface area (Å²) < 4.78 is 10.9. The Morgan fingerprint density at radius 1 is 1.44 bits per heavy atom. The molecule has 2 heterocycles. The summed E-state index contributed by atoms with van der Waals surface area (Å²) in [6.07, 6.45) is 1.58. The number of likely N-dealkylation sites (tertiary alicyclic amines) is 1. The highest BCUT2D eigenvalue weighted by atomic mass is 16.5. The lowest BCUT2D eigenvalue weighted by Gasteiger charge is -2.58. The van der Waals surface area contributed by atoms with E-state index in [1.54, 1.807) is 30.9 Å². The summed E-state index contributed by atoms with van der Waals surface area (Å²) in [6, 6.07) is 3.51. The second-order valence-corrected chi connectivity index (χ2v) is 7.82. The Hall–Kier alpha value is -2.35. The van der Waals surface area contributed by atoms with Gasteiger partial charge in [-0.3, -0.25) is 9.59 Å². The molecule has 2 fully saturated rings. The monoisotopic (exact) mass is 378 g/mol. The third-order valence-electron chi connectivity index (χ3n) is 5.98. The molecule has 1 aliphatic carbocycles. The molecule has 2 amide bonds. The van der Waals surface area contributed by atoms with E-state index in [1.807, 2.05) is 6.92 Å². The van der Waals surface area contributed by atoms with Crippen molar-refractivity contribution in [3.8, 4) is 0 Å². The summed E-state index contributed by atoms with van der Waals surface area (Å²) in [6.45, 7) is 6.46. The van der Waals surface area contributed by atoms with Crippen LogP contribution in [0.1, 0.15) is 39.4 Å². The molecule has 8 heteroatoms. The quantitative estimate of drug-likeness (QED) is 0.742. The SMILES string of the molecule is CCOC1CC(NC(=O)C2CC(=O)N(Cc3ccco3)C2)(C(=O)O)C1(C)C. The Bertz CT molecular complexity index is 729. The van der Waals surface area contributed by atoms with Gasteiger partial charge in [0.15, 0.2) is 0 Å². The average Bonchev–Trinajstić information content (AvgIpc) is 3.24. The van der Waals surface area contributed by atoms with Crippen molar-refractivity contribution < 1.29 is 28.6 Å². The maximum absolute atomic E-state index is 12.8. The number of carbonyl (C=O) groups excluding carboxylic acids is 2. The molecule has 0 spiro atoms. The van der Waals surface area contributed by atoms with Gasteiger partial charge in [0.1, 0.15) is 11.3 Å². The van der Waals surface area contributed by atoms with Gasteiger partial charge in [-0.15, -0.1) is 0 Å². The Balaban J connectivity index is 1.67. The van der Waals surface area contributed by atoms with Gasteiger partial charge >= 0.3 is 5.97 Å². The minimum absolute atomic E-state index is 0.0670. The number of furan rings is 1. The lowest BCUT2D eigenvalue weighted by atomic mass is 9.54. The molecule has 1 aliphatic heterocycles. The maximum Gasteiger partial charge on any atom is 0.330 e. The van der Waals surface area contributed by atoms with Gasteiger partial charge in [-0.05, 0) is 19.1 Å². The van der Waals surface area contributed by atoms with Gasteiger partial charge in [-0.2, -0.15) is 0 Å². The molecule has 2 N–H and O–H groups in total. The van der Waals surface area contributed by atoms with Gasteiger partial charge in [-0.25, -0.2) is 4.79 Å². The van der Waals surface area contributed by atoms with Gasteiger partial charge < -0.3 is 24.5 Å². The normalized spacial score (nSPS) is 29.4. The molecule has 3 unspecified atom stereocenters. The zero-order chi connectivity index (χ0) is 19.8. The van der Waals surface area contributed by atoms with E-state index in [1.165, 1.54) is 6.26 Å². The lowest BCUT2D eigenvalue weighted by molar-refractivity contribution is -0.195. The van der Waals surface area contributed by atoms with Crippen LogP contribution in [0.3, 0.4) is 0 Å². The largest absolute Gasteiger partial charge is 0.479 e. The zero-order valence-corrected chi connectivity index (χ0v) is 15.9. The van der Waals surface area contributed by atoms with Crippen molar-refractivity contribution in [3.05, 3.63) is 24.2 Å². The molecule has 27 heavy (non-hydrogen) atoms. The molecule has 1 aromatic rings. The molecular formula is C19H26N2O6. The van der Waals surface area contributed by atoms with Crippen LogP contribution < -0.4 is 5.32 Å². The van der Waals surface area contributed by atoms with E-state index in [9.17, 15) is 19.5 Å². The summed E-state index contributed by atoms with van der Waals surface area (Å²) in [5, 5.41) is 12.5. The first kappa shape index (κ1) is 19.4. The number of nitrogens with zero attached hydrogens (tertiary/aromatic N) is 1. The third-order valence-corrected chi connectivity index (χ3v) is 5.98. The molecule has 2 aliphatic rings. The number of carboxylic acids is 1. The van der Waals surface area contributed by atoms with Crippen LogP contribution in [0, 0.1) is 11.3 Å². The molecule has 1 saturated heterocycles. The third kappa shape index (κ3) is 3.22. The highest BCUT2D eigenvalue weighted by molar-refractivity contribution is 5.93. The standard InChI is InChI=1S/C19H26N2O6/c1-4-26-14-9-19(17(24)25,18(14,2)3)20-16(23)12-8-15(22)21(10-12)11-13-6-5-7-27-13/h5-7,12,14H,4,8-11H2,1-3H3,(H,20,23)(H,24,25). The smallest absolute Gasteiger partial charge is 0.330 e. The van der Waals surface area contributed by atoms with E-state index >= 15 is 0 Å². The summed E-state index contributed by atoms with van der Waals surface area (Å²) in [7, 11) is 0. The molecule has 0 bridgehead atoms. The Labute approximate surface area is 157 Å². The second kappa shape index (κ2) is 6.99. The summed E-state index contributed by atoms with van der Waals surface area (Å²) in [5.74, 6) is -1.56. The predicted octanol–water partition coefficient (Wildman–Crippen LogP) is 1.40. The first-order valence-electron chi connectivity index (χ1n) is 9.18. The van der Waals surface area contributed by atoms with Crippen LogP contribution in [0.4, 0.5) is 0 Å². The summed E-state index contributed by atoms with van der Waals surface area (Å²) in [5.41, 5.74) is -2.14. The van der Waals surface area contributed by atoms with Crippen LogP contribution in [0.5, 0.6) is 0 Å². The fourth-order valence-corrected chi connectivity index (χ4v) is 4.04. The molecule has 1 saturated carbocycles. The van der Waals surface area contributed by atoms with Gasteiger partial charge in [-0.1, -0.05) is 13.8 Å². The summed E-state index contributed by atoms with van der Waals surface area (Å²) in [4.78, 5) is 38.6. The predicted molar refractivity (Wildman–Crippen MR) is 94.6 cm³/mol. The zero-order valence-electron chi connectivity index (χ0n) is 15.9. The van der Waals surface area contributed by atoms with Crippen molar-refractivity contribution >= 4 is 17.8 Å². The van der Waals surface area contributed by atoms with Gasteiger partial charge in [0.25, 0.3) is 0 Å². The highest BCUT2D eigenvalue weighted by Crippen LogP contribution is 2.51. The summed E-state index contributed by atoms with van der Waals surface area (Å²) >= 11 is 0. The number of amides is 2. The fraction of sp³-hybridized carbons (Fsp3) is 0.632.